The van der Waals surface area contributed by atoms with Crippen LogP contribution in [0.1, 0.15) is 24.1 Å². The molecule has 0 aromatic heterocycles. The molecule has 0 bridgehead atoms. The molecule has 0 spiro atoms. The molecule has 1 heterocycles. The Labute approximate surface area is 117 Å². The third-order valence-corrected chi connectivity index (χ3v) is 3.45. The molecule has 0 saturated heterocycles. The zero-order chi connectivity index (χ0) is 13.9. The lowest BCUT2D eigenvalue weighted by Gasteiger charge is -2.15. The number of hydrogen-bond donors (Lipinski definition) is 1. The highest BCUT2D eigenvalue weighted by Crippen LogP contribution is 2.35. The number of halogens is 1. The van der Waals surface area contributed by atoms with Crippen LogP contribution in [0, 0.1) is 5.82 Å². The largest absolute Gasteiger partial charge is 0.454 e. The summed E-state index contributed by atoms with van der Waals surface area (Å²) in [4.78, 5) is 0. The van der Waals surface area contributed by atoms with Gasteiger partial charge in [0.15, 0.2) is 11.5 Å². The van der Waals surface area contributed by atoms with E-state index in [1.54, 1.807) is 12.1 Å². The average molecular weight is 273 g/mol. The highest BCUT2D eigenvalue weighted by Gasteiger charge is 2.17. The predicted octanol–water partition coefficient (Wildman–Crippen LogP) is 3.41. The SMILES string of the molecule is CC(NCc1cccc2c1OCO2)c1ccc(F)cc1. The van der Waals surface area contributed by atoms with E-state index in [0.29, 0.717) is 6.54 Å². The summed E-state index contributed by atoms with van der Waals surface area (Å²) in [7, 11) is 0. The van der Waals surface area contributed by atoms with Crippen LogP contribution in [0.3, 0.4) is 0 Å². The fraction of sp³-hybridized carbons (Fsp3) is 0.250. The zero-order valence-corrected chi connectivity index (χ0v) is 11.2. The van der Waals surface area contributed by atoms with E-state index in [1.165, 1.54) is 12.1 Å². The average Bonchev–Trinajstić information content (AvgIpc) is 2.94. The summed E-state index contributed by atoms with van der Waals surface area (Å²) in [5.74, 6) is 1.39. The van der Waals surface area contributed by atoms with Gasteiger partial charge in [-0.2, -0.15) is 0 Å². The minimum absolute atomic E-state index is 0.133. The van der Waals surface area contributed by atoms with Crippen LogP contribution in [0.2, 0.25) is 0 Å². The second-order valence-corrected chi connectivity index (χ2v) is 4.81. The number of rotatable bonds is 4. The molecule has 104 valence electrons. The maximum atomic E-state index is 12.9. The molecule has 0 saturated carbocycles. The summed E-state index contributed by atoms with van der Waals surface area (Å²) < 4.78 is 23.7. The second-order valence-electron chi connectivity index (χ2n) is 4.81. The summed E-state index contributed by atoms with van der Waals surface area (Å²) in [5, 5.41) is 3.41. The number of nitrogens with one attached hydrogen (secondary N) is 1. The third kappa shape index (κ3) is 2.60. The van der Waals surface area contributed by atoms with Crippen LogP contribution in [0.5, 0.6) is 11.5 Å². The lowest BCUT2D eigenvalue weighted by Crippen LogP contribution is -2.18. The van der Waals surface area contributed by atoms with Crippen LogP contribution in [0.25, 0.3) is 0 Å². The molecule has 1 unspecified atom stereocenters. The van der Waals surface area contributed by atoms with E-state index in [1.807, 2.05) is 25.1 Å². The van der Waals surface area contributed by atoms with Crippen molar-refractivity contribution in [3.8, 4) is 11.5 Å². The van der Waals surface area contributed by atoms with Crippen LogP contribution in [0.4, 0.5) is 4.39 Å². The van der Waals surface area contributed by atoms with Crippen molar-refractivity contribution in [1.29, 1.82) is 0 Å². The molecule has 0 aliphatic carbocycles. The van der Waals surface area contributed by atoms with Crippen molar-refractivity contribution < 1.29 is 13.9 Å². The quantitative estimate of drug-likeness (QED) is 0.926. The summed E-state index contributed by atoms with van der Waals surface area (Å²) in [5.41, 5.74) is 2.12. The second kappa shape index (κ2) is 5.51. The van der Waals surface area contributed by atoms with Crippen molar-refractivity contribution in [1.82, 2.24) is 5.32 Å². The summed E-state index contributed by atoms with van der Waals surface area (Å²) in [6.45, 7) is 3.00. The van der Waals surface area contributed by atoms with Crippen molar-refractivity contribution in [3.63, 3.8) is 0 Å². The van der Waals surface area contributed by atoms with Gasteiger partial charge in [-0.05, 0) is 30.7 Å². The first kappa shape index (κ1) is 12.9. The van der Waals surface area contributed by atoms with Gasteiger partial charge in [-0.15, -0.1) is 0 Å². The minimum atomic E-state index is -0.215. The highest BCUT2D eigenvalue weighted by atomic mass is 19.1. The molecule has 1 aliphatic heterocycles. The van der Waals surface area contributed by atoms with E-state index in [0.717, 1.165) is 22.6 Å². The molecule has 2 aromatic rings. The zero-order valence-electron chi connectivity index (χ0n) is 11.2. The Morgan fingerprint density at radius 3 is 2.75 bits per heavy atom. The van der Waals surface area contributed by atoms with Crippen molar-refractivity contribution in [2.24, 2.45) is 0 Å². The lowest BCUT2D eigenvalue weighted by molar-refractivity contribution is 0.173. The van der Waals surface area contributed by atoms with Gasteiger partial charge in [-0.25, -0.2) is 4.39 Å². The van der Waals surface area contributed by atoms with Gasteiger partial charge in [-0.3, -0.25) is 0 Å². The van der Waals surface area contributed by atoms with Gasteiger partial charge in [0.1, 0.15) is 5.82 Å². The molecule has 20 heavy (non-hydrogen) atoms. The van der Waals surface area contributed by atoms with Crippen LogP contribution in [0.15, 0.2) is 42.5 Å². The molecular weight excluding hydrogens is 257 g/mol. The molecule has 1 aliphatic rings. The summed E-state index contributed by atoms with van der Waals surface area (Å²) >= 11 is 0. The lowest BCUT2D eigenvalue weighted by atomic mass is 10.1. The Hall–Kier alpha value is -2.07. The monoisotopic (exact) mass is 273 g/mol. The molecule has 0 amide bonds. The van der Waals surface area contributed by atoms with Crippen LogP contribution in [-0.2, 0) is 6.54 Å². The van der Waals surface area contributed by atoms with E-state index >= 15 is 0 Å². The van der Waals surface area contributed by atoms with Crippen LogP contribution in [-0.4, -0.2) is 6.79 Å². The fourth-order valence-electron chi connectivity index (χ4n) is 2.26. The standard InChI is InChI=1S/C16H16FNO2/c1-11(12-5-7-14(17)8-6-12)18-9-13-3-2-4-15-16(13)20-10-19-15/h2-8,11,18H,9-10H2,1H3. The smallest absolute Gasteiger partial charge is 0.231 e. The number of para-hydroxylation sites is 1. The first-order chi connectivity index (χ1) is 9.74. The Kier molecular flexibility index (Phi) is 3.56. The Balaban J connectivity index is 1.68. The van der Waals surface area contributed by atoms with E-state index in [4.69, 9.17) is 9.47 Å². The Bertz CT molecular complexity index is 598. The molecule has 0 fully saturated rings. The minimum Gasteiger partial charge on any atom is -0.454 e. The highest BCUT2D eigenvalue weighted by molar-refractivity contribution is 5.48. The van der Waals surface area contributed by atoms with Gasteiger partial charge in [0.25, 0.3) is 0 Å². The van der Waals surface area contributed by atoms with E-state index in [9.17, 15) is 4.39 Å². The number of hydrogen-bond acceptors (Lipinski definition) is 3. The molecular formula is C16H16FNO2. The molecule has 1 atom stereocenters. The van der Waals surface area contributed by atoms with Gasteiger partial charge < -0.3 is 14.8 Å². The number of fused-ring (bicyclic) bond motifs is 1. The summed E-state index contributed by atoms with van der Waals surface area (Å²) in [6, 6.07) is 12.5. The number of benzene rings is 2. The molecule has 0 radical (unpaired) electrons. The van der Waals surface area contributed by atoms with E-state index in [2.05, 4.69) is 5.32 Å². The van der Waals surface area contributed by atoms with Crippen LogP contribution >= 0.6 is 0 Å². The first-order valence-corrected chi connectivity index (χ1v) is 6.60. The molecule has 2 aromatic carbocycles. The van der Waals surface area contributed by atoms with Crippen molar-refractivity contribution >= 4 is 0 Å². The van der Waals surface area contributed by atoms with Gasteiger partial charge >= 0.3 is 0 Å². The van der Waals surface area contributed by atoms with Crippen molar-refractivity contribution in [3.05, 3.63) is 59.4 Å². The van der Waals surface area contributed by atoms with Gasteiger partial charge in [0, 0.05) is 18.2 Å². The first-order valence-electron chi connectivity index (χ1n) is 6.60. The van der Waals surface area contributed by atoms with Gasteiger partial charge in [0.05, 0.1) is 0 Å². The van der Waals surface area contributed by atoms with Gasteiger partial charge in [0.2, 0.25) is 6.79 Å². The maximum Gasteiger partial charge on any atom is 0.231 e. The topological polar surface area (TPSA) is 30.5 Å². The molecule has 1 N–H and O–H groups in total. The predicted molar refractivity (Wildman–Crippen MR) is 74.2 cm³/mol. The van der Waals surface area contributed by atoms with Crippen molar-refractivity contribution in [2.75, 3.05) is 6.79 Å². The molecule has 4 heteroatoms. The van der Waals surface area contributed by atoms with Gasteiger partial charge in [-0.1, -0.05) is 24.3 Å². The van der Waals surface area contributed by atoms with Crippen LogP contribution < -0.4 is 14.8 Å². The van der Waals surface area contributed by atoms with Crippen molar-refractivity contribution in [2.45, 2.75) is 19.5 Å². The summed E-state index contributed by atoms with van der Waals surface area (Å²) in [6.07, 6.45) is 0. The third-order valence-electron chi connectivity index (χ3n) is 3.45. The molecule has 3 rings (SSSR count). The van der Waals surface area contributed by atoms with E-state index < -0.39 is 0 Å². The molecule has 3 nitrogen and oxygen atoms in total. The maximum absolute atomic E-state index is 12.9. The normalized spacial score (nSPS) is 14.3. The Morgan fingerprint density at radius 1 is 1.15 bits per heavy atom. The van der Waals surface area contributed by atoms with E-state index in [-0.39, 0.29) is 18.7 Å². The Morgan fingerprint density at radius 2 is 1.95 bits per heavy atom. The number of ether oxygens (including phenoxy) is 2. The fourth-order valence-corrected chi connectivity index (χ4v) is 2.26.